The van der Waals surface area contributed by atoms with E-state index < -0.39 is 0 Å². The van der Waals surface area contributed by atoms with Crippen LogP contribution in [-0.4, -0.2) is 30.5 Å². The summed E-state index contributed by atoms with van der Waals surface area (Å²) in [5.41, 5.74) is 3.31. The number of carbonyl (C=O) groups excluding carboxylic acids is 2. The summed E-state index contributed by atoms with van der Waals surface area (Å²) in [6.45, 7) is 0.656. The van der Waals surface area contributed by atoms with Gasteiger partial charge in [-0.15, -0.1) is 0 Å². The van der Waals surface area contributed by atoms with Gasteiger partial charge >= 0.3 is 0 Å². The van der Waals surface area contributed by atoms with E-state index in [0.717, 1.165) is 24.1 Å². The maximum atomic E-state index is 13.1. The molecule has 0 spiro atoms. The van der Waals surface area contributed by atoms with Crippen molar-refractivity contribution in [2.24, 2.45) is 0 Å². The van der Waals surface area contributed by atoms with Crippen molar-refractivity contribution in [3.8, 4) is 5.75 Å². The standard InChI is InChI=1S/C23H21N3O3/c1-29-19-9-4-8-18(15-19)25-22(27)20-14-17(11-12-24-20)23(28)26-13-5-7-16-6-2-3-10-21(16)26/h2-4,6,8-12,14-15H,5,7,13H2,1H3,(H,25,27). The third-order valence-electron chi connectivity index (χ3n) is 4.92. The lowest BCUT2D eigenvalue weighted by molar-refractivity contribution is 0.0985. The second-order valence-electron chi connectivity index (χ2n) is 6.80. The van der Waals surface area contributed by atoms with Crippen molar-refractivity contribution < 1.29 is 14.3 Å². The fraction of sp³-hybridized carbons (Fsp3) is 0.174. The summed E-state index contributed by atoms with van der Waals surface area (Å²) in [6, 6.07) is 18.2. The maximum Gasteiger partial charge on any atom is 0.274 e. The van der Waals surface area contributed by atoms with Crippen molar-refractivity contribution in [1.29, 1.82) is 0 Å². The van der Waals surface area contributed by atoms with E-state index in [1.54, 1.807) is 42.3 Å². The minimum atomic E-state index is -0.382. The highest BCUT2D eigenvalue weighted by Gasteiger charge is 2.24. The number of methoxy groups -OCH3 is 1. The molecule has 146 valence electrons. The van der Waals surface area contributed by atoms with Gasteiger partial charge in [0.25, 0.3) is 11.8 Å². The first-order chi connectivity index (χ1) is 14.2. The smallest absolute Gasteiger partial charge is 0.274 e. The predicted molar refractivity (Wildman–Crippen MR) is 112 cm³/mol. The van der Waals surface area contributed by atoms with Crippen LogP contribution in [-0.2, 0) is 6.42 Å². The molecule has 29 heavy (non-hydrogen) atoms. The van der Waals surface area contributed by atoms with Crippen molar-refractivity contribution >= 4 is 23.2 Å². The first-order valence-corrected chi connectivity index (χ1v) is 9.47. The first-order valence-electron chi connectivity index (χ1n) is 9.47. The summed E-state index contributed by atoms with van der Waals surface area (Å²) < 4.78 is 5.17. The van der Waals surface area contributed by atoms with Gasteiger partial charge < -0.3 is 15.0 Å². The number of nitrogens with one attached hydrogen (secondary N) is 1. The normalized spacial score (nSPS) is 12.8. The van der Waals surface area contributed by atoms with Crippen LogP contribution in [0.4, 0.5) is 11.4 Å². The van der Waals surface area contributed by atoms with Crippen molar-refractivity contribution in [3.63, 3.8) is 0 Å². The highest BCUT2D eigenvalue weighted by atomic mass is 16.5. The largest absolute Gasteiger partial charge is 0.497 e. The van der Waals surface area contributed by atoms with Crippen LogP contribution in [0.5, 0.6) is 5.75 Å². The summed E-state index contributed by atoms with van der Waals surface area (Å²) in [5, 5.41) is 2.79. The lowest BCUT2D eigenvalue weighted by atomic mass is 10.0. The number of fused-ring (bicyclic) bond motifs is 1. The van der Waals surface area contributed by atoms with E-state index in [2.05, 4.69) is 10.3 Å². The SMILES string of the molecule is COc1cccc(NC(=O)c2cc(C(=O)N3CCCc4ccccc43)ccn2)c1. The number of carbonyl (C=O) groups is 2. The molecule has 1 N–H and O–H groups in total. The van der Waals surface area contributed by atoms with Crippen molar-refractivity contribution in [3.05, 3.63) is 83.7 Å². The molecule has 6 nitrogen and oxygen atoms in total. The molecular weight excluding hydrogens is 366 g/mol. The summed E-state index contributed by atoms with van der Waals surface area (Å²) in [7, 11) is 1.57. The molecule has 0 saturated heterocycles. The van der Waals surface area contributed by atoms with Gasteiger partial charge in [-0.2, -0.15) is 0 Å². The summed E-state index contributed by atoms with van der Waals surface area (Å²) in [4.78, 5) is 31.7. The van der Waals surface area contributed by atoms with Crippen LogP contribution >= 0.6 is 0 Å². The van der Waals surface area contributed by atoms with E-state index in [0.29, 0.717) is 23.5 Å². The monoisotopic (exact) mass is 387 g/mol. The Kier molecular flexibility index (Phi) is 5.24. The molecule has 2 amide bonds. The molecule has 6 heteroatoms. The van der Waals surface area contributed by atoms with E-state index in [1.807, 2.05) is 24.3 Å². The van der Waals surface area contributed by atoms with Crippen LogP contribution in [0.3, 0.4) is 0 Å². The molecule has 0 unspecified atom stereocenters. The van der Waals surface area contributed by atoms with Crippen LogP contribution in [0.15, 0.2) is 66.9 Å². The van der Waals surface area contributed by atoms with Gasteiger partial charge in [-0.3, -0.25) is 14.6 Å². The summed E-state index contributed by atoms with van der Waals surface area (Å²) >= 11 is 0. The predicted octanol–water partition coefficient (Wildman–Crippen LogP) is 3.94. The Morgan fingerprint density at radius 1 is 1.07 bits per heavy atom. The Morgan fingerprint density at radius 3 is 2.79 bits per heavy atom. The molecule has 0 radical (unpaired) electrons. The number of hydrogen-bond donors (Lipinski definition) is 1. The molecule has 1 aliphatic rings. The van der Waals surface area contributed by atoms with Gasteiger partial charge in [0.15, 0.2) is 0 Å². The minimum absolute atomic E-state index is 0.130. The number of amides is 2. The highest BCUT2D eigenvalue weighted by molar-refractivity contribution is 6.09. The van der Waals surface area contributed by atoms with Crippen LogP contribution in [0, 0.1) is 0 Å². The third-order valence-corrected chi connectivity index (χ3v) is 4.92. The summed E-state index contributed by atoms with van der Waals surface area (Å²) in [5.74, 6) is 0.130. The van der Waals surface area contributed by atoms with Crippen LogP contribution in [0.1, 0.15) is 32.8 Å². The molecule has 2 heterocycles. The van der Waals surface area contributed by atoms with Gasteiger partial charge in [-0.1, -0.05) is 24.3 Å². The molecule has 1 aromatic heterocycles. The number of pyridine rings is 1. The van der Waals surface area contributed by atoms with Crippen LogP contribution < -0.4 is 15.0 Å². The number of hydrogen-bond acceptors (Lipinski definition) is 4. The number of anilines is 2. The molecule has 3 aromatic rings. The van der Waals surface area contributed by atoms with E-state index >= 15 is 0 Å². The van der Waals surface area contributed by atoms with E-state index in [4.69, 9.17) is 4.74 Å². The number of ether oxygens (including phenoxy) is 1. The average molecular weight is 387 g/mol. The Labute approximate surface area is 169 Å². The molecular formula is C23H21N3O3. The molecule has 0 fully saturated rings. The maximum absolute atomic E-state index is 13.1. The van der Waals surface area contributed by atoms with Gasteiger partial charge in [0.1, 0.15) is 11.4 Å². The zero-order chi connectivity index (χ0) is 20.2. The first kappa shape index (κ1) is 18.7. The number of benzene rings is 2. The lowest BCUT2D eigenvalue weighted by Gasteiger charge is -2.29. The zero-order valence-electron chi connectivity index (χ0n) is 16.1. The van der Waals surface area contributed by atoms with Crippen molar-refractivity contribution in [1.82, 2.24) is 4.98 Å². The van der Waals surface area contributed by atoms with Gasteiger partial charge in [-0.05, 0) is 48.7 Å². The second kappa shape index (κ2) is 8.14. The number of aryl methyl sites for hydroxylation is 1. The Morgan fingerprint density at radius 2 is 1.93 bits per heavy atom. The topological polar surface area (TPSA) is 71.5 Å². The van der Waals surface area contributed by atoms with Gasteiger partial charge in [0.05, 0.1) is 7.11 Å². The molecule has 0 aliphatic carbocycles. The fourth-order valence-corrected chi connectivity index (χ4v) is 3.48. The fourth-order valence-electron chi connectivity index (χ4n) is 3.48. The van der Waals surface area contributed by atoms with Gasteiger partial charge in [0.2, 0.25) is 0 Å². The van der Waals surface area contributed by atoms with Crippen LogP contribution in [0.2, 0.25) is 0 Å². The molecule has 0 atom stereocenters. The van der Waals surface area contributed by atoms with E-state index in [-0.39, 0.29) is 17.5 Å². The molecule has 0 bridgehead atoms. The number of nitrogens with zero attached hydrogens (tertiary/aromatic N) is 2. The molecule has 2 aromatic carbocycles. The average Bonchev–Trinajstić information content (AvgIpc) is 2.78. The van der Waals surface area contributed by atoms with Crippen LogP contribution in [0.25, 0.3) is 0 Å². The number of para-hydroxylation sites is 1. The summed E-state index contributed by atoms with van der Waals surface area (Å²) in [6.07, 6.45) is 3.37. The molecule has 4 rings (SSSR count). The van der Waals surface area contributed by atoms with Crippen molar-refractivity contribution in [2.45, 2.75) is 12.8 Å². The highest BCUT2D eigenvalue weighted by Crippen LogP contribution is 2.28. The lowest BCUT2D eigenvalue weighted by Crippen LogP contribution is -2.35. The third kappa shape index (κ3) is 3.96. The minimum Gasteiger partial charge on any atom is -0.497 e. The molecule has 1 aliphatic heterocycles. The van der Waals surface area contributed by atoms with E-state index in [1.165, 1.54) is 12.3 Å². The van der Waals surface area contributed by atoms with Gasteiger partial charge in [0, 0.05) is 35.7 Å². The Hall–Kier alpha value is -3.67. The quantitative estimate of drug-likeness (QED) is 0.736. The Bertz CT molecular complexity index is 1060. The zero-order valence-corrected chi connectivity index (χ0v) is 16.1. The van der Waals surface area contributed by atoms with E-state index in [9.17, 15) is 9.59 Å². The van der Waals surface area contributed by atoms with Gasteiger partial charge in [-0.25, -0.2) is 0 Å². The second-order valence-corrected chi connectivity index (χ2v) is 6.80. The number of rotatable bonds is 4. The Balaban J connectivity index is 1.56. The van der Waals surface area contributed by atoms with Crippen molar-refractivity contribution in [2.75, 3.05) is 23.9 Å². The molecule has 0 saturated carbocycles. The number of aromatic nitrogens is 1.